The van der Waals surface area contributed by atoms with E-state index in [0.717, 1.165) is 5.39 Å². The molecule has 0 saturated carbocycles. The Labute approximate surface area is 177 Å². The second-order valence-corrected chi connectivity index (χ2v) is 7.75. The molecule has 0 aliphatic carbocycles. The van der Waals surface area contributed by atoms with Crippen LogP contribution in [0.15, 0.2) is 30.7 Å². The molecule has 4 heterocycles. The molecule has 1 aliphatic heterocycles. The molecule has 4 rings (SSSR count). The average Bonchev–Trinajstić information content (AvgIpc) is 3.29. The van der Waals surface area contributed by atoms with Crippen LogP contribution in [0, 0.1) is 0 Å². The van der Waals surface area contributed by atoms with Gasteiger partial charge in [-0.05, 0) is 31.9 Å². The van der Waals surface area contributed by atoms with E-state index in [2.05, 4.69) is 19.9 Å². The SMILES string of the molecule is CC1(C(=O)NCC(F)(F)F)CCCN1c1ccnc(-c2c[nH]c3ncc(Cl)cc23)n1.[HH].[HH]. The van der Waals surface area contributed by atoms with Gasteiger partial charge in [0.15, 0.2) is 5.82 Å². The molecule has 3 aromatic heterocycles. The largest absolute Gasteiger partial charge is 0.405 e. The Balaban J connectivity index is 0.00000181. The van der Waals surface area contributed by atoms with Crippen LogP contribution in [0.2, 0.25) is 5.02 Å². The highest BCUT2D eigenvalue weighted by Crippen LogP contribution is 2.35. The Morgan fingerprint density at radius 3 is 3.00 bits per heavy atom. The van der Waals surface area contributed by atoms with Gasteiger partial charge in [0.05, 0.1) is 5.02 Å². The van der Waals surface area contributed by atoms with Gasteiger partial charge in [-0.15, -0.1) is 0 Å². The molecule has 11 heteroatoms. The zero-order valence-corrected chi connectivity index (χ0v) is 16.7. The van der Waals surface area contributed by atoms with Crippen LogP contribution in [0.5, 0.6) is 0 Å². The molecule has 1 amide bonds. The van der Waals surface area contributed by atoms with Crippen LogP contribution < -0.4 is 10.2 Å². The Bertz CT molecular complexity index is 1110. The van der Waals surface area contributed by atoms with E-state index in [1.54, 1.807) is 36.4 Å². The lowest BCUT2D eigenvalue weighted by Gasteiger charge is -2.35. The highest BCUT2D eigenvalue weighted by Gasteiger charge is 2.45. The van der Waals surface area contributed by atoms with Gasteiger partial charge in [0.2, 0.25) is 5.91 Å². The molecule has 7 nitrogen and oxygen atoms in total. The van der Waals surface area contributed by atoms with Crippen LogP contribution in [0.4, 0.5) is 19.0 Å². The number of aromatic amines is 1. The molecule has 0 aromatic carbocycles. The van der Waals surface area contributed by atoms with Crippen LogP contribution in [0.1, 0.15) is 22.6 Å². The second kappa shape index (κ2) is 7.42. The maximum atomic E-state index is 12.6. The summed E-state index contributed by atoms with van der Waals surface area (Å²) in [5.41, 5.74) is 0.173. The van der Waals surface area contributed by atoms with Gasteiger partial charge in [-0.2, -0.15) is 13.2 Å². The predicted octanol–water partition coefficient (Wildman–Crippen LogP) is 4.20. The molecule has 3 aromatic rings. The number of halogens is 4. The first-order chi connectivity index (χ1) is 14.2. The number of alkyl halides is 3. The van der Waals surface area contributed by atoms with E-state index >= 15 is 0 Å². The van der Waals surface area contributed by atoms with Crippen LogP contribution in [0.25, 0.3) is 22.4 Å². The first-order valence-corrected chi connectivity index (χ1v) is 9.64. The third-order valence-corrected chi connectivity index (χ3v) is 5.44. The molecular formula is C19H22ClF3N6O. The molecule has 162 valence electrons. The Morgan fingerprint density at radius 1 is 1.43 bits per heavy atom. The number of nitrogens with zero attached hydrogens (tertiary/aromatic N) is 4. The van der Waals surface area contributed by atoms with Gasteiger partial charge in [-0.3, -0.25) is 4.79 Å². The van der Waals surface area contributed by atoms with Crippen molar-refractivity contribution in [2.24, 2.45) is 0 Å². The molecule has 1 fully saturated rings. The van der Waals surface area contributed by atoms with E-state index < -0.39 is 24.2 Å². The Morgan fingerprint density at radius 2 is 2.23 bits per heavy atom. The van der Waals surface area contributed by atoms with Crippen molar-refractivity contribution >= 4 is 34.4 Å². The Kier molecular flexibility index (Phi) is 5.05. The molecule has 0 spiro atoms. The molecule has 1 atom stereocenters. The zero-order chi connectivity index (χ0) is 21.5. The summed E-state index contributed by atoms with van der Waals surface area (Å²) >= 11 is 6.05. The minimum Gasteiger partial charge on any atom is -0.345 e. The van der Waals surface area contributed by atoms with Gasteiger partial charge in [0.1, 0.15) is 23.5 Å². The molecule has 1 saturated heterocycles. The quantitative estimate of drug-likeness (QED) is 0.632. The Hall–Kier alpha value is -2.88. The van der Waals surface area contributed by atoms with Crippen LogP contribution in [-0.2, 0) is 4.79 Å². The number of aromatic nitrogens is 4. The van der Waals surface area contributed by atoms with E-state index in [0.29, 0.717) is 47.3 Å². The van der Waals surface area contributed by atoms with E-state index in [-0.39, 0.29) is 2.85 Å². The third kappa shape index (κ3) is 3.79. The number of hydrogen-bond acceptors (Lipinski definition) is 5. The van der Waals surface area contributed by atoms with Gasteiger partial charge in [0.25, 0.3) is 0 Å². The summed E-state index contributed by atoms with van der Waals surface area (Å²) in [5.74, 6) is 0.180. The summed E-state index contributed by atoms with van der Waals surface area (Å²) in [6.07, 6.45) is 1.40. The number of hydrogen-bond donors (Lipinski definition) is 2. The fourth-order valence-corrected chi connectivity index (χ4v) is 3.89. The summed E-state index contributed by atoms with van der Waals surface area (Å²) in [6, 6.07) is 3.39. The lowest BCUT2D eigenvalue weighted by Crippen LogP contribution is -2.55. The van der Waals surface area contributed by atoms with E-state index in [1.165, 1.54) is 6.20 Å². The third-order valence-electron chi connectivity index (χ3n) is 5.24. The second-order valence-electron chi connectivity index (χ2n) is 7.32. The van der Waals surface area contributed by atoms with Crippen molar-refractivity contribution in [3.8, 4) is 11.4 Å². The number of carbonyl (C=O) groups is 1. The lowest BCUT2D eigenvalue weighted by molar-refractivity contribution is -0.141. The molecular weight excluding hydrogens is 421 g/mol. The molecule has 0 radical (unpaired) electrons. The van der Waals surface area contributed by atoms with Crippen LogP contribution in [0.3, 0.4) is 0 Å². The van der Waals surface area contributed by atoms with E-state index in [1.807, 2.05) is 5.32 Å². The standard InChI is InChI=1S/C19H18ClF3N6O.2H2/c1-18(17(30)27-10-19(21,22)23)4-2-6-29(18)14-3-5-24-16(28-14)13-9-26-15-12(13)7-11(20)8-25-15;;/h3,5,7-9H,2,4,6,10H2,1H3,(H,25,26)(H,27,30);2*1H. The minimum absolute atomic E-state index is 0. The number of anilines is 1. The maximum absolute atomic E-state index is 12.6. The van der Waals surface area contributed by atoms with Gasteiger partial charge in [0, 0.05) is 38.9 Å². The van der Waals surface area contributed by atoms with Gasteiger partial charge < -0.3 is 15.2 Å². The van der Waals surface area contributed by atoms with Crippen LogP contribution >= 0.6 is 11.6 Å². The van der Waals surface area contributed by atoms with Gasteiger partial charge >= 0.3 is 6.18 Å². The number of rotatable bonds is 4. The first kappa shape index (κ1) is 20.4. The van der Waals surface area contributed by atoms with Crippen molar-refractivity contribution in [2.75, 3.05) is 18.0 Å². The zero-order valence-electron chi connectivity index (χ0n) is 15.9. The molecule has 2 N–H and O–H groups in total. The maximum Gasteiger partial charge on any atom is 0.405 e. The molecule has 1 unspecified atom stereocenters. The van der Waals surface area contributed by atoms with Crippen molar-refractivity contribution in [2.45, 2.75) is 31.5 Å². The summed E-state index contributed by atoms with van der Waals surface area (Å²) in [6.45, 7) is 0.754. The van der Waals surface area contributed by atoms with Crippen molar-refractivity contribution in [3.05, 3.63) is 35.7 Å². The first-order valence-electron chi connectivity index (χ1n) is 9.26. The summed E-state index contributed by atoms with van der Waals surface area (Å²) in [7, 11) is 0. The molecule has 0 bridgehead atoms. The molecule has 30 heavy (non-hydrogen) atoms. The minimum atomic E-state index is -4.47. The normalized spacial score (nSPS) is 19.4. The lowest BCUT2D eigenvalue weighted by atomic mass is 9.97. The number of nitrogens with one attached hydrogen (secondary N) is 2. The number of fused-ring (bicyclic) bond motifs is 1. The smallest absolute Gasteiger partial charge is 0.345 e. The van der Waals surface area contributed by atoms with E-state index in [9.17, 15) is 18.0 Å². The fraction of sp³-hybridized carbons (Fsp3) is 0.368. The van der Waals surface area contributed by atoms with Crippen molar-refractivity contribution in [3.63, 3.8) is 0 Å². The average molecular weight is 443 g/mol. The van der Waals surface area contributed by atoms with Crippen molar-refractivity contribution < 1.29 is 20.8 Å². The van der Waals surface area contributed by atoms with Crippen molar-refractivity contribution in [1.82, 2.24) is 25.3 Å². The highest BCUT2D eigenvalue weighted by atomic mass is 35.5. The van der Waals surface area contributed by atoms with Gasteiger partial charge in [-0.1, -0.05) is 11.6 Å². The number of H-pyrrole nitrogens is 1. The van der Waals surface area contributed by atoms with Gasteiger partial charge in [-0.25, -0.2) is 15.0 Å². The number of pyridine rings is 1. The topological polar surface area (TPSA) is 86.8 Å². The number of carbonyl (C=O) groups excluding carboxylic acids is 1. The summed E-state index contributed by atoms with van der Waals surface area (Å²) in [5, 5.41) is 3.21. The number of amides is 1. The predicted molar refractivity (Wildman–Crippen MR) is 110 cm³/mol. The van der Waals surface area contributed by atoms with Crippen LogP contribution in [-0.4, -0.2) is 50.6 Å². The van der Waals surface area contributed by atoms with Crippen molar-refractivity contribution in [1.29, 1.82) is 0 Å². The summed E-state index contributed by atoms with van der Waals surface area (Å²) in [4.78, 5) is 30.5. The van der Waals surface area contributed by atoms with E-state index in [4.69, 9.17) is 11.6 Å². The molecule has 1 aliphatic rings. The summed E-state index contributed by atoms with van der Waals surface area (Å²) < 4.78 is 37.6. The highest BCUT2D eigenvalue weighted by molar-refractivity contribution is 6.31. The fourth-order valence-electron chi connectivity index (χ4n) is 3.73. The monoisotopic (exact) mass is 442 g/mol.